The van der Waals surface area contributed by atoms with Crippen molar-refractivity contribution in [1.82, 2.24) is 20.3 Å². The first kappa shape index (κ1) is 21.3. The fourth-order valence-corrected chi connectivity index (χ4v) is 3.53. The molecule has 1 aromatic carbocycles. The van der Waals surface area contributed by atoms with Crippen LogP contribution in [0.1, 0.15) is 10.6 Å². The third-order valence-corrected chi connectivity index (χ3v) is 5.22. The van der Waals surface area contributed by atoms with Crippen molar-refractivity contribution in [3.63, 3.8) is 0 Å². The number of hydrogen-bond donors (Lipinski definition) is 1. The Bertz CT molecular complexity index is 1190. The number of pyridine rings is 1. The quantitative estimate of drug-likeness (QED) is 0.617. The van der Waals surface area contributed by atoms with Crippen molar-refractivity contribution < 1.29 is 14.3 Å². The van der Waals surface area contributed by atoms with E-state index in [1.165, 1.54) is 24.3 Å². The maximum absolute atomic E-state index is 12.8. The number of likely N-dealkylation sites (N-methyl/N-ethyl adjacent to an activating group) is 1. The average molecular weight is 479 g/mol. The monoisotopic (exact) mass is 477 g/mol. The number of nitrogens with one attached hydrogen (secondary N) is 1. The summed E-state index contributed by atoms with van der Waals surface area (Å²) in [4.78, 5) is 39.3. The van der Waals surface area contributed by atoms with Gasteiger partial charge < -0.3 is 10.1 Å². The predicted octanol–water partition coefficient (Wildman–Crippen LogP) is 3.65. The molecule has 0 saturated carbocycles. The van der Waals surface area contributed by atoms with Crippen LogP contribution in [0, 0.1) is 0 Å². The van der Waals surface area contributed by atoms with Crippen LogP contribution in [0.25, 0.3) is 11.3 Å². The minimum absolute atomic E-state index is 0.112. The highest BCUT2D eigenvalue weighted by atomic mass is 35.5. The van der Waals surface area contributed by atoms with Crippen LogP contribution in [0.15, 0.2) is 42.7 Å². The molecule has 1 N–H and O–H groups in total. The molecule has 0 aliphatic carbocycles. The van der Waals surface area contributed by atoms with Crippen LogP contribution in [0.3, 0.4) is 0 Å². The molecule has 3 aromatic rings. The Morgan fingerprint density at radius 2 is 1.97 bits per heavy atom. The number of ether oxygens (including phenoxy) is 1. The molecule has 0 radical (unpaired) electrons. The van der Waals surface area contributed by atoms with Crippen molar-refractivity contribution >= 4 is 52.4 Å². The lowest BCUT2D eigenvalue weighted by atomic mass is 10.1. The van der Waals surface area contributed by atoms with E-state index in [-0.39, 0.29) is 17.5 Å². The highest BCUT2D eigenvalue weighted by Crippen LogP contribution is 2.31. The lowest BCUT2D eigenvalue weighted by Gasteiger charge is -2.19. The smallest absolute Gasteiger partial charge is 0.289 e. The molecule has 2 amide bonds. The highest BCUT2D eigenvalue weighted by molar-refractivity contribution is 6.33. The van der Waals surface area contributed by atoms with E-state index in [2.05, 4.69) is 20.3 Å². The maximum atomic E-state index is 12.8. The van der Waals surface area contributed by atoms with Crippen LogP contribution in [0.5, 0.6) is 5.75 Å². The van der Waals surface area contributed by atoms with Crippen LogP contribution < -0.4 is 15.0 Å². The molecule has 1 atom stereocenters. The molecule has 8 nitrogen and oxygen atoms in total. The van der Waals surface area contributed by atoms with E-state index in [4.69, 9.17) is 39.5 Å². The van der Waals surface area contributed by atoms with E-state index in [0.29, 0.717) is 32.9 Å². The summed E-state index contributed by atoms with van der Waals surface area (Å²) in [6.07, 6.45) is 2.73. The van der Waals surface area contributed by atoms with Crippen LogP contribution in [-0.4, -0.2) is 46.5 Å². The van der Waals surface area contributed by atoms with Crippen LogP contribution >= 0.6 is 34.8 Å². The zero-order chi connectivity index (χ0) is 22.1. The molecule has 1 aliphatic rings. The van der Waals surface area contributed by atoms with Gasteiger partial charge in [-0.2, -0.15) is 0 Å². The predicted molar refractivity (Wildman–Crippen MR) is 117 cm³/mol. The van der Waals surface area contributed by atoms with Gasteiger partial charge in [0.1, 0.15) is 12.6 Å². The molecule has 0 saturated heterocycles. The van der Waals surface area contributed by atoms with Crippen molar-refractivity contribution in [2.24, 2.45) is 0 Å². The number of anilines is 1. The number of halogens is 3. The Morgan fingerprint density at radius 3 is 2.74 bits per heavy atom. The van der Waals surface area contributed by atoms with E-state index in [0.717, 1.165) is 0 Å². The van der Waals surface area contributed by atoms with E-state index < -0.39 is 17.9 Å². The lowest BCUT2D eigenvalue weighted by molar-refractivity contribution is -0.120. The topological polar surface area (TPSA) is 97.3 Å². The number of hydrogen-bond acceptors (Lipinski definition) is 6. The first-order valence-electron chi connectivity index (χ1n) is 8.98. The third-order valence-electron chi connectivity index (χ3n) is 4.50. The van der Waals surface area contributed by atoms with Gasteiger partial charge in [0.2, 0.25) is 5.82 Å². The Hall–Kier alpha value is -2.94. The van der Waals surface area contributed by atoms with Crippen molar-refractivity contribution in [3.8, 4) is 17.0 Å². The van der Waals surface area contributed by atoms with Gasteiger partial charge in [0.25, 0.3) is 11.8 Å². The number of benzene rings is 1. The van der Waals surface area contributed by atoms with Gasteiger partial charge in [0.05, 0.1) is 21.9 Å². The third kappa shape index (κ3) is 4.41. The van der Waals surface area contributed by atoms with E-state index >= 15 is 0 Å². The molecular formula is C20H14Cl3N5O3. The first-order chi connectivity index (χ1) is 14.8. The molecule has 1 aliphatic heterocycles. The van der Waals surface area contributed by atoms with Crippen LogP contribution in [0.4, 0.5) is 5.82 Å². The van der Waals surface area contributed by atoms with Gasteiger partial charge in [0.15, 0.2) is 11.6 Å². The van der Waals surface area contributed by atoms with Crippen LogP contribution in [0.2, 0.25) is 15.1 Å². The standard InChI is InChI=1S/C20H14Cl3N5O3/c1-28-18-15(6-12(22)7-25-18)31-9-14(20(28)30)26-19(29)17-24-8-13(23)16(27-17)10-3-2-4-11(21)5-10/h2-8,14H,9H2,1H3,(H,26,29). The minimum Gasteiger partial charge on any atom is -0.487 e. The Labute approximate surface area is 192 Å². The zero-order valence-electron chi connectivity index (χ0n) is 16.0. The Morgan fingerprint density at radius 1 is 1.16 bits per heavy atom. The molecule has 1 unspecified atom stereocenters. The fraction of sp³-hybridized carbons (Fsp3) is 0.150. The van der Waals surface area contributed by atoms with Crippen molar-refractivity contribution in [2.75, 3.05) is 18.6 Å². The summed E-state index contributed by atoms with van der Waals surface area (Å²) in [5, 5.41) is 3.72. The molecule has 158 valence electrons. The summed E-state index contributed by atoms with van der Waals surface area (Å²) in [6, 6.07) is 7.45. The summed E-state index contributed by atoms with van der Waals surface area (Å²) in [5.74, 6) is -0.584. The van der Waals surface area contributed by atoms with Crippen molar-refractivity contribution in [2.45, 2.75) is 6.04 Å². The lowest BCUT2D eigenvalue weighted by Crippen LogP contribution is -2.49. The van der Waals surface area contributed by atoms with Gasteiger partial charge in [-0.25, -0.2) is 15.0 Å². The van der Waals surface area contributed by atoms with E-state index in [1.54, 1.807) is 30.3 Å². The second-order valence-corrected chi connectivity index (χ2v) is 7.89. The summed E-state index contributed by atoms with van der Waals surface area (Å²) >= 11 is 18.2. The molecular weight excluding hydrogens is 465 g/mol. The largest absolute Gasteiger partial charge is 0.487 e. The highest BCUT2D eigenvalue weighted by Gasteiger charge is 2.32. The van der Waals surface area contributed by atoms with Gasteiger partial charge >= 0.3 is 0 Å². The van der Waals surface area contributed by atoms with Gasteiger partial charge in [-0.3, -0.25) is 14.5 Å². The normalized spacial score (nSPS) is 15.7. The van der Waals surface area contributed by atoms with Gasteiger partial charge in [-0.1, -0.05) is 46.9 Å². The molecule has 11 heteroatoms. The number of aromatic nitrogens is 3. The van der Waals surface area contributed by atoms with Gasteiger partial charge in [0, 0.05) is 29.9 Å². The molecule has 4 rings (SSSR count). The summed E-state index contributed by atoms with van der Waals surface area (Å²) in [6.45, 7) is -0.112. The number of rotatable bonds is 3. The summed E-state index contributed by atoms with van der Waals surface area (Å²) in [5.41, 5.74) is 0.970. The fourth-order valence-electron chi connectivity index (χ4n) is 3.00. The van der Waals surface area contributed by atoms with Crippen molar-refractivity contribution in [3.05, 3.63) is 63.6 Å². The van der Waals surface area contributed by atoms with Gasteiger partial charge in [-0.05, 0) is 12.1 Å². The molecule has 2 aromatic heterocycles. The number of fused-ring (bicyclic) bond motifs is 1. The molecule has 31 heavy (non-hydrogen) atoms. The SMILES string of the molecule is CN1C(=O)C(NC(=O)c2ncc(Cl)c(-c3cccc(Cl)c3)n2)COc2cc(Cl)cnc21. The number of nitrogens with zero attached hydrogens (tertiary/aromatic N) is 4. The molecule has 3 heterocycles. The van der Waals surface area contributed by atoms with Crippen molar-refractivity contribution in [1.29, 1.82) is 0 Å². The molecule has 0 bridgehead atoms. The van der Waals surface area contributed by atoms with E-state index in [9.17, 15) is 9.59 Å². The maximum Gasteiger partial charge on any atom is 0.289 e. The van der Waals surface area contributed by atoms with Crippen LogP contribution in [-0.2, 0) is 4.79 Å². The second-order valence-electron chi connectivity index (χ2n) is 6.61. The Balaban J connectivity index is 1.57. The van der Waals surface area contributed by atoms with E-state index in [1.807, 2.05) is 0 Å². The summed E-state index contributed by atoms with van der Waals surface area (Å²) in [7, 11) is 1.53. The number of amides is 2. The average Bonchev–Trinajstić information content (AvgIpc) is 2.86. The second kappa shape index (κ2) is 8.66. The first-order valence-corrected chi connectivity index (χ1v) is 10.1. The minimum atomic E-state index is -0.987. The number of carbonyl (C=O) groups is 2. The molecule has 0 fully saturated rings. The summed E-state index contributed by atoms with van der Waals surface area (Å²) < 4.78 is 5.64. The number of carbonyl (C=O) groups excluding carboxylic acids is 2. The Kier molecular flexibility index (Phi) is 5.95. The van der Waals surface area contributed by atoms with Gasteiger partial charge in [-0.15, -0.1) is 0 Å². The zero-order valence-corrected chi connectivity index (χ0v) is 18.2. The molecule has 0 spiro atoms.